The maximum absolute atomic E-state index is 12.3. The molecule has 0 bridgehead atoms. The van der Waals surface area contributed by atoms with E-state index < -0.39 is 0 Å². The third-order valence-electron chi connectivity index (χ3n) is 3.60. The van der Waals surface area contributed by atoms with Gasteiger partial charge in [0, 0.05) is 24.8 Å². The van der Waals surface area contributed by atoms with Gasteiger partial charge in [-0.3, -0.25) is 14.2 Å². The molecule has 1 aliphatic heterocycles. The summed E-state index contributed by atoms with van der Waals surface area (Å²) in [6.07, 6.45) is 5.49. The monoisotopic (exact) mass is 288 g/mol. The van der Waals surface area contributed by atoms with E-state index in [9.17, 15) is 9.59 Å². The number of hydrogen-bond acceptors (Lipinski definition) is 5. The lowest BCUT2D eigenvalue weighted by molar-refractivity contribution is -0.131. The quantitative estimate of drug-likeness (QED) is 0.768. The molecule has 1 amide bonds. The molecule has 0 saturated carbocycles. The summed E-state index contributed by atoms with van der Waals surface area (Å²) in [4.78, 5) is 31.4. The van der Waals surface area contributed by atoms with Crippen molar-refractivity contribution in [3.63, 3.8) is 0 Å². The average molecular weight is 288 g/mol. The predicted molar refractivity (Wildman–Crippen MR) is 73.5 cm³/mol. The Balaban J connectivity index is 1.65. The first-order valence-electron chi connectivity index (χ1n) is 6.80. The lowest BCUT2D eigenvalue weighted by Crippen LogP contribution is -2.35. The fraction of sp³-hybridized carbons (Fsp3) is 0.462. The maximum Gasteiger partial charge on any atom is 0.253 e. The predicted octanol–water partition coefficient (Wildman–Crippen LogP) is -0.383. The van der Waals surface area contributed by atoms with Gasteiger partial charge in [-0.05, 0) is 13.3 Å². The number of likely N-dealkylation sites (tertiary alicyclic amines) is 1. The second-order valence-electron chi connectivity index (χ2n) is 5.13. The Bertz CT molecular complexity index is 693. The molecule has 110 valence electrons. The van der Waals surface area contributed by atoms with Gasteiger partial charge < -0.3 is 4.90 Å². The first kappa shape index (κ1) is 13.5. The molecule has 0 N–H and O–H groups in total. The van der Waals surface area contributed by atoms with Crippen LogP contribution in [-0.2, 0) is 11.3 Å². The molecular weight excluding hydrogens is 272 g/mol. The molecule has 8 nitrogen and oxygen atoms in total. The van der Waals surface area contributed by atoms with Crippen molar-refractivity contribution in [1.82, 2.24) is 29.4 Å². The fourth-order valence-corrected chi connectivity index (χ4v) is 2.45. The van der Waals surface area contributed by atoms with Crippen LogP contribution in [0, 0.1) is 6.92 Å². The Morgan fingerprint density at radius 1 is 1.38 bits per heavy atom. The van der Waals surface area contributed by atoms with Crippen molar-refractivity contribution in [3.8, 4) is 0 Å². The highest BCUT2D eigenvalue weighted by Gasteiger charge is 2.28. The molecule has 1 aliphatic rings. The first-order chi connectivity index (χ1) is 10.1. The van der Waals surface area contributed by atoms with Crippen molar-refractivity contribution >= 4 is 5.91 Å². The highest BCUT2D eigenvalue weighted by atomic mass is 16.2. The average Bonchev–Trinajstić information content (AvgIpc) is 3.10. The normalized spacial score (nSPS) is 18.1. The second-order valence-corrected chi connectivity index (χ2v) is 5.13. The summed E-state index contributed by atoms with van der Waals surface area (Å²) >= 11 is 0. The molecule has 0 aromatic carbocycles. The minimum atomic E-state index is -0.208. The van der Waals surface area contributed by atoms with E-state index >= 15 is 0 Å². The number of carbonyl (C=O) groups is 1. The number of amides is 1. The van der Waals surface area contributed by atoms with Crippen LogP contribution in [-0.4, -0.2) is 48.4 Å². The van der Waals surface area contributed by atoms with Crippen molar-refractivity contribution in [1.29, 1.82) is 0 Å². The summed E-state index contributed by atoms with van der Waals surface area (Å²) in [6, 6.07) is 1.53. The first-order valence-corrected chi connectivity index (χ1v) is 6.80. The summed E-state index contributed by atoms with van der Waals surface area (Å²) in [6.45, 7) is 2.99. The van der Waals surface area contributed by atoms with Crippen LogP contribution in [0.15, 0.2) is 29.6 Å². The molecule has 3 heterocycles. The van der Waals surface area contributed by atoms with Crippen molar-refractivity contribution < 1.29 is 4.79 Å². The number of nitrogens with zero attached hydrogens (tertiary/aromatic N) is 6. The summed E-state index contributed by atoms with van der Waals surface area (Å²) in [5.74, 6) is -0.0857. The lowest BCUT2D eigenvalue weighted by Gasteiger charge is -2.16. The van der Waals surface area contributed by atoms with E-state index in [2.05, 4.69) is 15.2 Å². The SMILES string of the molecule is Cc1cc(=O)n(CC(=O)N2CC[C@H](n3nccn3)C2)cn1. The van der Waals surface area contributed by atoms with Crippen LogP contribution in [0.25, 0.3) is 0 Å². The molecule has 2 aromatic heterocycles. The molecule has 21 heavy (non-hydrogen) atoms. The highest BCUT2D eigenvalue weighted by molar-refractivity contribution is 5.76. The maximum atomic E-state index is 12.3. The lowest BCUT2D eigenvalue weighted by atomic mass is 10.3. The van der Waals surface area contributed by atoms with Gasteiger partial charge in [0.25, 0.3) is 5.56 Å². The van der Waals surface area contributed by atoms with Gasteiger partial charge in [0.1, 0.15) is 6.54 Å². The van der Waals surface area contributed by atoms with E-state index in [1.165, 1.54) is 17.0 Å². The van der Waals surface area contributed by atoms with Gasteiger partial charge in [-0.25, -0.2) is 4.98 Å². The third kappa shape index (κ3) is 2.83. The Morgan fingerprint density at radius 3 is 2.86 bits per heavy atom. The molecule has 1 saturated heterocycles. The second kappa shape index (κ2) is 5.47. The van der Waals surface area contributed by atoms with E-state index in [0.717, 1.165) is 6.42 Å². The van der Waals surface area contributed by atoms with E-state index in [1.54, 1.807) is 29.0 Å². The highest BCUT2D eigenvalue weighted by Crippen LogP contribution is 2.19. The van der Waals surface area contributed by atoms with Crippen LogP contribution in [0.5, 0.6) is 0 Å². The van der Waals surface area contributed by atoms with Gasteiger partial charge in [-0.15, -0.1) is 0 Å². The number of aryl methyl sites for hydroxylation is 1. The largest absolute Gasteiger partial charge is 0.339 e. The van der Waals surface area contributed by atoms with Gasteiger partial charge >= 0.3 is 0 Å². The van der Waals surface area contributed by atoms with Gasteiger partial charge in [0.2, 0.25) is 5.91 Å². The summed E-state index contributed by atoms with van der Waals surface area (Å²) < 4.78 is 1.33. The van der Waals surface area contributed by atoms with Crippen LogP contribution in [0.2, 0.25) is 0 Å². The number of hydrogen-bond donors (Lipinski definition) is 0. The van der Waals surface area contributed by atoms with Crippen LogP contribution >= 0.6 is 0 Å². The minimum Gasteiger partial charge on any atom is -0.339 e. The summed E-state index contributed by atoms with van der Waals surface area (Å²) in [7, 11) is 0. The Labute approximate surface area is 121 Å². The zero-order valence-electron chi connectivity index (χ0n) is 11.7. The van der Waals surface area contributed by atoms with Crippen LogP contribution < -0.4 is 5.56 Å². The third-order valence-corrected chi connectivity index (χ3v) is 3.60. The molecule has 1 atom stereocenters. The molecule has 8 heteroatoms. The smallest absolute Gasteiger partial charge is 0.253 e. The Kier molecular flexibility index (Phi) is 3.51. The summed E-state index contributed by atoms with van der Waals surface area (Å²) in [5, 5.41) is 8.20. The van der Waals surface area contributed by atoms with Crippen molar-refractivity contribution in [3.05, 3.63) is 40.8 Å². The van der Waals surface area contributed by atoms with Crippen molar-refractivity contribution in [2.75, 3.05) is 13.1 Å². The van der Waals surface area contributed by atoms with E-state index in [1.807, 2.05) is 0 Å². The molecule has 1 fully saturated rings. The standard InChI is InChI=1S/C13H16N6O2/c1-10-6-12(20)18(9-14-10)8-13(21)17-5-2-11(7-17)19-15-3-4-16-19/h3-4,6,9,11H,2,5,7-8H2,1H3/t11-/m0/s1. The number of carbonyl (C=O) groups excluding carboxylic acids is 1. The van der Waals surface area contributed by atoms with Crippen LogP contribution in [0.1, 0.15) is 18.2 Å². The van der Waals surface area contributed by atoms with E-state index in [4.69, 9.17) is 0 Å². The summed E-state index contributed by atoms with van der Waals surface area (Å²) in [5.41, 5.74) is 0.440. The molecule has 0 spiro atoms. The Hall–Kier alpha value is -2.51. The zero-order valence-corrected chi connectivity index (χ0v) is 11.7. The van der Waals surface area contributed by atoms with Crippen molar-refractivity contribution in [2.24, 2.45) is 0 Å². The fourth-order valence-electron chi connectivity index (χ4n) is 2.45. The van der Waals surface area contributed by atoms with E-state index in [-0.39, 0.29) is 24.1 Å². The van der Waals surface area contributed by atoms with Crippen LogP contribution in [0.4, 0.5) is 0 Å². The molecular formula is C13H16N6O2. The number of rotatable bonds is 3. The topological polar surface area (TPSA) is 85.9 Å². The van der Waals surface area contributed by atoms with E-state index in [0.29, 0.717) is 18.8 Å². The molecule has 3 rings (SSSR count). The van der Waals surface area contributed by atoms with Crippen molar-refractivity contribution in [2.45, 2.75) is 25.9 Å². The van der Waals surface area contributed by atoms with Gasteiger partial charge in [-0.1, -0.05) is 0 Å². The van der Waals surface area contributed by atoms with Crippen LogP contribution in [0.3, 0.4) is 0 Å². The molecule has 0 aliphatic carbocycles. The molecule has 0 radical (unpaired) electrons. The minimum absolute atomic E-state index is 0.0192. The zero-order chi connectivity index (χ0) is 14.8. The molecule has 2 aromatic rings. The Morgan fingerprint density at radius 2 is 2.14 bits per heavy atom. The van der Waals surface area contributed by atoms with Gasteiger partial charge in [-0.2, -0.15) is 15.0 Å². The number of aromatic nitrogens is 5. The van der Waals surface area contributed by atoms with Gasteiger partial charge in [0.05, 0.1) is 24.8 Å². The van der Waals surface area contributed by atoms with Gasteiger partial charge in [0.15, 0.2) is 0 Å². The molecule has 0 unspecified atom stereocenters.